The number of hydrogen-bond donors (Lipinski definition) is 1. The molecule has 0 amide bonds. The Morgan fingerprint density at radius 2 is 2.05 bits per heavy atom. The number of nitrogens with zero attached hydrogens (tertiary/aromatic N) is 2. The molecule has 0 aliphatic heterocycles. The molecule has 9 heteroatoms. The minimum Gasteiger partial charge on any atom is -0.383 e. The molecule has 1 aromatic heterocycles. The Morgan fingerprint density at radius 3 is 2.62 bits per heavy atom. The fraction of sp³-hybridized carbons (Fsp3) is 0.500. The quantitative estimate of drug-likeness (QED) is 0.544. The smallest absolute Gasteiger partial charge is 0.353 e. The fourth-order valence-corrected chi connectivity index (χ4v) is 2.73. The first-order valence-corrected chi connectivity index (χ1v) is 8.09. The van der Waals surface area contributed by atoms with E-state index >= 15 is 0 Å². The van der Waals surface area contributed by atoms with Crippen LogP contribution in [0.15, 0.2) is 29.0 Å². The molecule has 0 aromatic carbocycles. The highest BCUT2D eigenvalue weighted by molar-refractivity contribution is 7.57. The van der Waals surface area contributed by atoms with Gasteiger partial charge in [0.1, 0.15) is 12.5 Å². The Bertz CT molecular complexity index is 562. The Labute approximate surface area is 123 Å². The maximum Gasteiger partial charge on any atom is 0.353 e. The molecule has 0 fully saturated rings. The van der Waals surface area contributed by atoms with E-state index in [-0.39, 0.29) is 32.4 Å². The van der Waals surface area contributed by atoms with Crippen molar-refractivity contribution in [2.45, 2.75) is 20.6 Å². The lowest BCUT2D eigenvalue weighted by molar-refractivity contribution is 0.0965. The van der Waals surface area contributed by atoms with Crippen molar-refractivity contribution in [1.29, 1.82) is 0 Å². The predicted octanol–water partition coefficient (Wildman–Crippen LogP) is 1.58. The van der Waals surface area contributed by atoms with E-state index in [4.69, 9.17) is 19.5 Å². The van der Waals surface area contributed by atoms with Crippen LogP contribution in [-0.2, 0) is 25.1 Å². The lowest BCUT2D eigenvalue weighted by atomic mass is 10.6. The van der Waals surface area contributed by atoms with Gasteiger partial charge in [-0.2, -0.15) is 4.98 Å². The standard InChI is InChI=1S/C12H20N3O5P/c1-3-19-21(17,20-4-2)9-5-8-18-10-15-7-6-11(13)14-12(15)16/h5-7,9H,3-4,8,10H2,1-2H3,(H2,13,14,16). The molecule has 21 heavy (non-hydrogen) atoms. The summed E-state index contributed by atoms with van der Waals surface area (Å²) in [5.41, 5.74) is 4.88. The van der Waals surface area contributed by atoms with E-state index < -0.39 is 13.3 Å². The summed E-state index contributed by atoms with van der Waals surface area (Å²) in [5.74, 6) is 1.51. The van der Waals surface area contributed by atoms with Crippen LogP contribution in [0.2, 0.25) is 0 Å². The molecule has 0 saturated heterocycles. The third-order valence-corrected chi connectivity index (χ3v) is 4.06. The van der Waals surface area contributed by atoms with Crippen molar-refractivity contribution in [2.75, 3.05) is 25.6 Å². The van der Waals surface area contributed by atoms with Gasteiger partial charge in [0.05, 0.1) is 19.8 Å². The zero-order valence-electron chi connectivity index (χ0n) is 12.1. The first kappa shape index (κ1) is 17.6. The summed E-state index contributed by atoms with van der Waals surface area (Å²) in [7, 11) is -3.21. The predicted molar refractivity (Wildman–Crippen MR) is 78.9 cm³/mol. The van der Waals surface area contributed by atoms with Crippen molar-refractivity contribution in [3.05, 3.63) is 34.6 Å². The summed E-state index contributed by atoms with van der Waals surface area (Å²) < 4.78 is 28.7. The number of ether oxygens (including phenoxy) is 1. The van der Waals surface area contributed by atoms with Gasteiger partial charge in [0, 0.05) is 12.0 Å². The highest BCUT2D eigenvalue weighted by atomic mass is 31.2. The summed E-state index contributed by atoms with van der Waals surface area (Å²) in [6.07, 6.45) is 3.02. The van der Waals surface area contributed by atoms with Gasteiger partial charge in [-0.25, -0.2) is 4.79 Å². The summed E-state index contributed by atoms with van der Waals surface area (Å²) >= 11 is 0. The number of hydrogen-bond acceptors (Lipinski definition) is 7. The van der Waals surface area contributed by atoms with Crippen LogP contribution in [0.1, 0.15) is 13.8 Å². The highest BCUT2D eigenvalue weighted by Gasteiger charge is 2.18. The number of nitrogen functional groups attached to an aromatic ring is 1. The van der Waals surface area contributed by atoms with E-state index in [1.807, 2.05) is 0 Å². The van der Waals surface area contributed by atoms with Gasteiger partial charge in [-0.05, 0) is 19.9 Å². The molecule has 0 unspecified atom stereocenters. The third-order valence-electron chi connectivity index (χ3n) is 2.25. The fourth-order valence-electron chi connectivity index (χ4n) is 1.41. The molecular formula is C12H20N3O5P. The van der Waals surface area contributed by atoms with Crippen LogP contribution in [0, 0.1) is 0 Å². The molecule has 0 spiro atoms. The molecular weight excluding hydrogens is 297 g/mol. The van der Waals surface area contributed by atoms with E-state index in [0.29, 0.717) is 0 Å². The molecule has 8 nitrogen and oxygen atoms in total. The Balaban J connectivity index is 2.47. The van der Waals surface area contributed by atoms with Crippen LogP contribution in [0.5, 0.6) is 0 Å². The van der Waals surface area contributed by atoms with Gasteiger partial charge < -0.3 is 19.5 Å². The van der Waals surface area contributed by atoms with Crippen molar-refractivity contribution >= 4 is 13.4 Å². The molecule has 0 aliphatic rings. The summed E-state index contributed by atoms with van der Waals surface area (Å²) in [4.78, 5) is 15.0. The lowest BCUT2D eigenvalue weighted by Crippen LogP contribution is -2.24. The number of aromatic nitrogens is 2. The van der Waals surface area contributed by atoms with Gasteiger partial charge in [0.2, 0.25) is 0 Å². The second-order valence-electron chi connectivity index (χ2n) is 3.86. The van der Waals surface area contributed by atoms with E-state index in [0.717, 1.165) is 0 Å². The number of rotatable bonds is 9. The summed E-state index contributed by atoms with van der Waals surface area (Å²) in [5, 5.41) is 0. The van der Waals surface area contributed by atoms with Crippen molar-refractivity contribution in [3.8, 4) is 0 Å². The van der Waals surface area contributed by atoms with Gasteiger partial charge in [-0.1, -0.05) is 6.08 Å². The molecule has 0 bridgehead atoms. The molecule has 0 aliphatic carbocycles. The topological polar surface area (TPSA) is 106 Å². The molecule has 1 rings (SSSR count). The van der Waals surface area contributed by atoms with E-state index in [1.165, 1.54) is 28.7 Å². The van der Waals surface area contributed by atoms with E-state index in [9.17, 15) is 9.36 Å². The average molecular weight is 317 g/mol. The maximum atomic E-state index is 12.1. The molecule has 118 valence electrons. The average Bonchev–Trinajstić information content (AvgIpc) is 2.41. The van der Waals surface area contributed by atoms with Gasteiger partial charge in [0.15, 0.2) is 0 Å². The summed E-state index contributed by atoms with van der Waals surface area (Å²) in [6, 6.07) is 1.50. The first-order chi connectivity index (χ1) is 10.0. The molecule has 0 radical (unpaired) electrons. The van der Waals surface area contributed by atoms with Crippen LogP contribution in [0.3, 0.4) is 0 Å². The monoisotopic (exact) mass is 317 g/mol. The van der Waals surface area contributed by atoms with Gasteiger partial charge >= 0.3 is 13.3 Å². The molecule has 0 atom stereocenters. The van der Waals surface area contributed by atoms with Crippen molar-refractivity contribution < 1.29 is 18.3 Å². The second-order valence-corrected chi connectivity index (χ2v) is 5.76. The zero-order chi connectivity index (χ0) is 15.7. The van der Waals surface area contributed by atoms with Crippen LogP contribution < -0.4 is 11.4 Å². The minimum absolute atomic E-state index is 0.0179. The van der Waals surface area contributed by atoms with Gasteiger partial charge in [-0.3, -0.25) is 9.13 Å². The molecule has 1 aromatic rings. The van der Waals surface area contributed by atoms with E-state index in [1.54, 1.807) is 13.8 Å². The van der Waals surface area contributed by atoms with Crippen LogP contribution in [-0.4, -0.2) is 29.4 Å². The third kappa shape index (κ3) is 6.22. The number of anilines is 1. The largest absolute Gasteiger partial charge is 0.383 e. The van der Waals surface area contributed by atoms with Crippen molar-refractivity contribution in [2.24, 2.45) is 0 Å². The van der Waals surface area contributed by atoms with Crippen molar-refractivity contribution in [1.82, 2.24) is 9.55 Å². The minimum atomic E-state index is -3.21. The second kappa shape index (κ2) is 8.74. The number of nitrogens with two attached hydrogens (primary N) is 1. The Kier molecular flexibility index (Phi) is 7.31. The Hall–Kier alpha value is -1.47. The van der Waals surface area contributed by atoms with Gasteiger partial charge in [-0.15, -0.1) is 0 Å². The Morgan fingerprint density at radius 1 is 1.38 bits per heavy atom. The molecule has 0 saturated carbocycles. The highest BCUT2D eigenvalue weighted by Crippen LogP contribution is 2.49. The van der Waals surface area contributed by atoms with Crippen molar-refractivity contribution in [3.63, 3.8) is 0 Å². The van der Waals surface area contributed by atoms with Crippen LogP contribution >= 0.6 is 7.60 Å². The van der Waals surface area contributed by atoms with Crippen LogP contribution in [0.25, 0.3) is 0 Å². The zero-order valence-corrected chi connectivity index (χ0v) is 13.0. The van der Waals surface area contributed by atoms with Crippen LogP contribution in [0.4, 0.5) is 5.82 Å². The lowest BCUT2D eigenvalue weighted by Gasteiger charge is -2.12. The molecule has 1 heterocycles. The SMILES string of the molecule is CCOP(=O)(C=CCOCn1ccc(N)nc1=O)OCC. The maximum absolute atomic E-state index is 12.1. The first-order valence-electron chi connectivity index (χ1n) is 6.48. The molecule has 2 N–H and O–H groups in total. The summed E-state index contributed by atoms with van der Waals surface area (Å²) in [6.45, 7) is 4.21. The normalized spacial score (nSPS) is 12.1. The van der Waals surface area contributed by atoms with E-state index in [2.05, 4.69) is 4.98 Å². The van der Waals surface area contributed by atoms with Gasteiger partial charge in [0.25, 0.3) is 0 Å².